The van der Waals surface area contributed by atoms with Gasteiger partial charge in [0.05, 0.1) is 17.2 Å². The number of fused-ring (bicyclic) bond motifs is 1. The van der Waals surface area contributed by atoms with Crippen LogP contribution in [0.25, 0.3) is 22.6 Å². The first-order valence-corrected chi connectivity index (χ1v) is 8.63. The molecule has 4 aromatic rings. The number of carbonyl (C=O) groups is 1. The van der Waals surface area contributed by atoms with E-state index in [1.54, 1.807) is 24.3 Å². The molecule has 0 atom stereocenters. The molecule has 0 spiro atoms. The number of benzene rings is 2. The van der Waals surface area contributed by atoms with Crippen molar-refractivity contribution in [2.75, 3.05) is 11.1 Å². The number of nitrogens with zero attached hydrogens (tertiary/aromatic N) is 3. The molecule has 2 heterocycles. The van der Waals surface area contributed by atoms with Gasteiger partial charge in [-0.1, -0.05) is 6.07 Å². The van der Waals surface area contributed by atoms with E-state index in [2.05, 4.69) is 25.3 Å². The lowest BCUT2D eigenvalue weighted by atomic mass is 10.2. The molecule has 1 amide bonds. The number of amides is 1. The number of imidazole rings is 1. The summed E-state index contributed by atoms with van der Waals surface area (Å²) in [6, 6.07) is 12.9. The molecule has 0 aliphatic heterocycles. The molecule has 4 N–H and O–H groups in total. The summed E-state index contributed by atoms with van der Waals surface area (Å²) in [7, 11) is 0. The van der Waals surface area contributed by atoms with Gasteiger partial charge in [0.15, 0.2) is 17.3 Å². The van der Waals surface area contributed by atoms with Crippen LogP contribution in [0, 0.1) is 6.92 Å². The summed E-state index contributed by atoms with van der Waals surface area (Å²) in [5.41, 5.74) is 9.95. The smallest absolute Gasteiger partial charge is 0.238 e. The largest absolute Gasteiger partial charge is 0.437 e. The van der Waals surface area contributed by atoms with Crippen molar-refractivity contribution in [3.63, 3.8) is 0 Å². The highest BCUT2D eigenvalue weighted by Crippen LogP contribution is 2.27. The molecule has 0 saturated heterocycles. The van der Waals surface area contributed by atoms with E-state index >= 15 is 0 Å². The Hall–Kier alpha value is -3.94. The van der Waals surface area contributed by atoms with Crippen LogP contribution in [0.3, 0.4) is 0 Å². The van der Waals surface area contributed by atoms with Crippen LogP contribution in [0.5, 0.6) is 11.6 Å². The summed E-state index contributed by atoms with van der Waals surface area (Å²) in [6.45, 7) is 3.47. The number of aromatic amines is 1. The predicted octanol–water partition coefficient (Wildman–Crippen LogP) is 3.66. The molecule has 0 fully saturated rings. The van der Waals surface area contributed by atoms with E-state index in [9.17, 15) is 4.79 Å². The van der Waals surface area contributed by atoms with Crippen LogP contribution in [0.2, 0.25) is 0 Å². The molecule has 0 aliphatic rings. The number of anilines is 2. The lowest BCUT2D eigenvalue weighted by molar-refractivity contribution is -0.114. The lowest BCUT2D eigenvalue weighted by Crippen LogP contribution is -2.05. The number of nitrogens with one attached hydrogen (secondary N) is 2. The Balaban J connectivity index is 1.62. The molecule has 0 saturated carbocycles. The fraction of sp³-hybridized carbons (Fsp3) is 0.100. The molecule has 0 aliphatic carbocycles. The molecular weight excluding hydrogens is 356 g/mol. The zero-order valence-corrected chi connectivity index (χ0v) is 15.4. The maximum absolute atomic E-state index is 11.1. The third-order valence-corrected chi connectivity index (χ3v) is 4.04. The highest BCUT2D eigenvalue weighted by atomic mass is 16.5. The highest BCUT2D eigenvalue weighted by Gasteiger charge is 2.13. The average Bonchev–Trinajstić information content (AvgIpc) is 3.07. The molecule has 2 aromatic carbocycles. The number of aryl methyl sites for hydroxylation is 1. The van der Waals surface area contributed by atoms with E-state index in [4.69, 9.17) is 10.5 Å². The van der Waals surface area contributed by atoms with E-state index in [1.807, 2.05) is 25.1 Å². The number of ether oxygens (including phenoxy) is 1. The minimum absolute atomic E-state index is 0.135. The van der Waals surface area contributed by atoms with E-state index in [0.717, 1.165) is 16.6 Å². The predicted molar refractivity (Wildman–Crippen MR) is 107 cm³/mol. The quantitative estimate of drug-likeness (QED) is 0.501. The third-order valence-electron chi connectivity index (χ3n) is 4.04. The summed E-state index contributed by atoms with van der Waals surface area (Å²) in [5.74, 6) is 1.48. The van der Waals surface area contributed by atoms with Gasteiger partial charge in [-0.2, -0.15) is 0 Å². The lowest BCUT2D eigenvalue weighted by Gasteiger charge is -2.08. The number of nitrogens with two attached hydrogens (primary N) is 1. The summed E-state index contributed by atoms with van der Waals surface area (Å²) < 4.78 is 5.77. The second-order valence-electron chi connectivity index (χ2n) is 6.36. The molecule has 0 radical (unpaired) electrons. The number of nitrogen functional groups attached to an aromatic ring is 1. The van der Waals surface area contributed by atoms with Crippen molar-refractivity contribution in [3.8, 4) is 23.1 Å². The monoisotopic (exact) mass is 374 g/mol. The third kappa shape index (κ3) is 3.61. The van der Waals surface area contributed by atoms with Crippen molar-refractivity contribution < 1.29 is 9.53 Å². The minimum atomic E-state index is -0.135. The van der Waals surface area contributed by atoms with Gasteiger partial charge in [0, 0.05) is 12.6 Å². The molecule has 8 nitrogen and oxygen atoms in total. The first-order chi connectivity index (χ1) is 13.5. The first kappa shape index (κ1) is 17.5. The van der Waals surface area contributed by atoms with Crippen LogP contribution in [0.1, 0.15) is 12.5 Å². The van der Waals surface area contributed by atoms with Gasteiger partial charge in [-0.05, 0) is 48.9 Å². The summed E-state index contributed by atoms with van der Waals surface area (Å²) >= 11 is 0. The Labute approximate surface area is 160 Å². The molecule has 140 valence electrons. The highest BCUT2D eigenvalue weighted by molar-refractivity contribution is 5.88. The zero-order chi connectivity index (χ0) is 19.7. The van der Waals surface area contributed by atoms with Crippen LogP contribution in [-0.2, 0) is 4.79 Å². The minimum Gasteiger partial charge on any atom is -0.437 e. The maximum Gasteiger partial charge on any atom is 0.238 e. The summed E-state index contributed by atoms with van der Waals surface area (Å²) in [5, 5.41) is 2.70. The summed E-state index contributed by atoms with van der Waals surface area (Å²) in [4.78, 5) is 27.5. The fourth-order valence-electron chi connectivity index (χ4n) is 2.77. The van der Waals surface area contributed by atoms with E-state index in [1.165, 1.54) is 13.1 Å². The Morgan fingerprint density at radius 1 is 1.14 bits per heavy atom. The van der Waals surface area contributed by atoms with Gasteiger partial charge in [-0.15, -0.1) is 0 Å². The van der Waals surface area contributed by atoms with Gasteiger partial charge in [-0.3, -0.25) is 4.79 Å². The van der Waals surface area contributed by atoms with Crippen LogP contribution in [0.15, 0.2) is 48.7 Å². The van der Waals surface area contributed by atoms with Gasteiger partial charge >= 0.3 is 0 Å². The van der Waals surface area contributed by atoms with E-state index < -0.39 is 0 Å². The number of rotatable bonds is 4. The number of aromatic nitrogens is 4. The first-order valence-electron chi connectivity index (χ1n) is 8.63. The van der Waals surface area contributed by atoms with Crippen LogP contribution in [-0.4, -0.2) is 25.8 Å². The second kappa shape index (κ2) is 6.99. The van der Waals surface area contributed by atoms with Crippen LogP contribution in [0.4, 0.5) is 11.5 Å². The summed E-state index contributed by atoms with van der Waals surface area (Å²) in [6.07, 6.45) is 1.45. The maximum atomic E-state index is 11.1. The molecule has 4 rings (SSSR count). The van der Waals surface area contributed by atoms with Gasteiger partial charge in [0.2, 0.25) is 11.8 Å². The standard InChI is InChI=1S/C20H18N6O2/c1-11-3-8-15-16(9-11)25-20(24-15)18-19(21)22-10-17(26-18)28-14-6-4-13(5-7-14)23-12(2)27/h3-10H,1-2H3,(H2,21,22)(H,23,27)(H,24,25). The molecule has 2 aromatic heterocycles. The molecular formula is C20H18N6O2. The topological polar surface area (TPSA) is 119 Å². The van der Waals surface area contributed by atoms with Crippen molar-refractivity contribution in [3.05, 3.63) is 54.2 Å². The average molecular weight is 374 g/mol. The number of H-pyrrole nitrogens is 1. The second-order valence-corrected chi connectivity index (χ2v) is 6.36. The van der Waals surface area contributed by atoms with Gasteiger partial charge in [0.1, 0.15) is 5.75 Å². The number of hydrogen-bond donors (Lipinski definition) is 3. The van der Waals surface area contributed by atoms with Gasteiger partial charge in [-0.25, -0.2) is 15.0 Å². The van der Waals surface area contributed by atoms with Crippen molar-refractivity contribution in [2.45, 2.75) is 13.8 Å². The van der Waals surface area contributed by atoms with E-state index in [-0.39, 0.29) is 17.6 Å². The fourth-order valence-corrected chi connectivity index (χ4v) is 2.77. The van der Waals surface area contributed by atoms with Crippen molar-refractivity contribution in [1.29, 1.82) is 0 Å². The Kier molecular flexibility index (Phi) is 4.36. The molecule has 8 heteroatoms. The van der Waals surface area contributed by atoms with Crippen LogP contribution >= 0.6 is 0 Å². The van der Waals surface area contributed by atoms with Gasteiger partial charge in [0.25, 0.3) is 0 Å². The zero-order valence-electron chi connectivity index (χ0n) is 15.4. The molecule has 0 unspecified atom stereocenters. The number of hydrogen-bond acceptors (Lipinski definition) is 6. The molecule has 0 bridgehead atoms. The normalized spacial score (nSPS) is 10.8. The van der Waals surface area contributed by atoms with Crippen molar-refractivity contribution >= 4 is 28.4 Å². The Bertz CT molecular complexity index is 1170. The Morgan fingerprint density at radius 2 is 1.93 bits per heavy atom. The van der Waals surface area contributed by atoms with Crippen molar-refractivity contribution in [1.82, 2.24) is 19.9 Å². The Morgan fingerprint density at radius 3 is 2.68 bits per heavy atom. The van der Waals surface area contributed by atoms with Gasteiger partial charge < -0.3 is 20.8 Å². The number of carbonyl (C=O) groups excluding carboxylic acids is 1. The molecule has 28 heavy (non-hydrogen) atoms. The SMILES string of the molecule is CC(=O)Nc1ccc(Oc2cnc(N)c(-c3nc4ccc(C)cc4[nH]3)n2)cc1. The van der Waals surface area contributed by atoms with Crippen molar-refractivity contribution in [2.24, 2.45) is 0 Å². The van der Waals surface area contributed by atoms with E-state index in [0.29, 0.717) is 23.0 Å². The van der Waals surface area contributed by atoms with Crippen LogP contribution < -0.4 is 15.8 Å².